The summed E-state index contributed by atoms with van der Waals surface area (Å²) in [5, 5.41) is 6.54. The van der Waals surface area contributed by atoms with E-state index in [1.807, 2.05) is 36.4 Å². The molecule has 138 valence electrons. The summed E-state index contributed by atoms with van der Waals surface area (Å²) in [6.45, 7) is 1.45. The van der Waals surface area contributed by atoms with Gasteiger partial charge < -0.3 is 15.1 Å². The summed E-state index contributed by atoms with van der Waals surface area (Å²) in [5.41, 5.74) is 3.53. The first kappa shape index (κ1) is 16.5. The Labute approximate surface area is 158 Å². The third-order valence-corrected chi connectivity index (χ3v) is 5.50. The Balaban J connectivity index is 1.15. The summed E-state index contributed by atoms with van der Waals surface area (Å²) < 4.78 is 5.64. The SMILES string of the molecule is O=C(NCc1nc2ccccc2o1)c1ccc([C@@H]2C[C@H]2NCC2CC2)cc1. The number of aromatic nitrogens is 1. The van der Waals surface area contributed by atoms with E-state index in [0.717, 1.165) is 23.6 Å². The van der Waals surface area contributed by atoms with Gasteiger partial charge in [0.15, 0.2) is 5.58 Å². The molecule has 5 heteroatoms. The molecule has 5 nitrogen and oxygen atoms in total. The van der Waals surface area contributed by atoms with Gasteiger partial charge in [-0.05, 0) is 61.6 Å². The smallest absolute Gasteiger partial charge is 0.251 e. The molecular weight excluding hydrogens is 338 g/mol. The molecule has 5 rings (SSSR count). The van der Waals surface area contributed by atoms with Crippen LogP contribution in [-0.2, 0) is 6.54 Å². The Morgan fingerprint density at radius 1 is 1.11 bits per heavy atom. The number of hydrogen-bond acceptors (Lipinski definition) is 4. The lowest BCUT2D eigenvalue weighted by molar-refractivity contribution is 0.0947. The molecule has 0 spiro atoms. The minimum atomic E-state index is -0.108. The predicted molar refractivity (Wildman–Crippen MR) is 103 cm³/mol. The largest absolute Gasteiger partial charge is 0.439 e. The van der Waals surface area contributed by atoms with Crippen molar-refractivity contribution in [2.75, 3.05) is 6.54 Å². The number of carbonyl (C=O) groups excluding carboxylic acids is 1. The van der Waals surface area contributed by atoms with E-state index in [1.165, 1.54) is 24.8 Å². The van der Waals surface area contributed by atoms with Gasteiger partial charge in [0.05, 0.1) is 6.54 Å². The van der Waals surface area contributed by atoms with Gasteiger partial charge in [-0.15, -0.1) is 0 Å². The number of benzene rings is 2. The van der Waals surface area contributed by atoms with Crippen LogP contribution in [0.2, 0.25) is 0 Å². The number of rotatable bonds is 7. The molecule has 2 atom stereocenters. The zero-order valence-electron chi connectivity index (χ0n) is 15.2. The van der Waals surface area contributed by atoms with Crippen LogP contribution in [0.25, 0.3) is 11.1 Å². The van der Waals surface area contributed by atoms with Gasteiger partial charge in [0, 0.05) is 17.5 Å². The summed E-state index contributed by atoms with van der Waals surface area (Å²) in [7, 11) is 0. The Kier molecular flexibility index (Phi) is 4.17. The highest BCUT2D eigenvalue weighted by molar-refractivity contribution is 5.94. The molecule has 3 aromatic rings. The number of carbonyl (C=O) groups is 1. The predicted octanol–water partition coefficient (Wildman–Crippen LogP) is 3.61. The average Bonchev–Trinajstić information content (AvgIpc) is 3.61. The molecule has 2 aromatic carbocycles. The van der Waals surface area contributed by atoms with Crippen LogP contribution in [0, 0.1) is 5.92 Å². The van der Waals surface area contributed by atoms with Crippen molar-refractivity contribution in [2.45, 2.75) is 37.8 Å². The maximum Gasteiger partial charge on any atom is 0.251 e. The van der Waals surface area contributed by atoms with E-state index in [4.69, 9.17) is 4.42 Å². The molecule has 0 unspecified atom stereocenters. The molecule has 0 aliphatic heterocycles. The number of nitrogens with zero attached hydrogens (tertiary/aromatic N) is 1. The molecular formula is C22H23N3O2. The number of nitrogens with one attached hydrogen (secondary N) is 2. The fourth-order valence-electron chi connectivity index (χ4n) is 3.56. The van der Waals surface area contributed by atoms with E-state index in [1.54, 1.807) is 0 Å². The van der Waals surface area contributed by atoms with E-state index in [2.05, 4.69) is 27.8 Å². The maximum absolute atomic E-state index is 12.4. The van der Waals surface area contributed by atoms with Crippen LogP contribution in [0.5, 0.6) is 0 Å². The fraction of sp³-hybridized carbons (Fsp3) is 0.364. The second-order valence-corrected chi connectivity index (χ2v) is 7.68. The summed E-state index contributed by atoms with van der Waals surface area (Å²) in [5.74, 6) is 1.92. The van der Waals surface area contributed by atoms with Crippen molar-refractivity contribution < 1.29 is 9.21 Å². The van der Waals surface area contributed by atoms with Crippen molar-refractivity contribution in [1.29, 1.82) is 0 Å². The molecule has 1 heterocycles. The molecule has 0 radical (unpaired) electrons. The van der Waals surface area contributed by atoms with Gasteiger partial charge in [-0.25, -0.2) is 4.98 Å². The average molecular weight is 361 g/mol. The van der Waals surface area contributed by atoms with Crippen LogP contribution in [0.15, 0.2) is 52.9 Å². The van der Waals surface area contributed by atoms with E-state index >= 15 is 0 Å². The van der Waals surface area contributed by atoms with E-state index in [-0.39, 0.29) is 12.5 Å². The summed E-state index contributed by atoms with van der Waals surface area (Å²) in [4.78, 5) is 16.8. The van der Waals surface area contributed by atoms with Crippen molar-refractivity contribution in [3.63, 3.8) is 0 Å². The number of oxazole rings is 1. The Morgan fingerprint density at radius 3 is 2.70 bits per heavy atom. The molecule has 2 aliphatic carbocycles. The first-order chi connectivity index (χ1) is 13.3. The molecule has 0 bridgehead atoms. The lowest BCUT2D eigenvalue weighted by Crippen LogP contribution is -2.23. The van der Waals surface area contributed by atoms with Gasteiger partial charge >= 0.3 is 0 Å². The topological polar surface area (TPSA) is 67.2 Å². The Morgan fingerprint density at radius 2 is 1.93 bits per heavy atom. The monoisotopic (exact) mass is 361 g/mol. The summed E-state index contributed by atoms with van der Waals surface area (Å²) >= 11 is 0. The van der Waals surface area contributed by atoms with Crippen molar-refractivity contribution in [2.24, 2.45) is 5.92 Å². The number of fused-ring (bicyclic) bond motifs is 1. The first-order valence-electron chi connectivity index (χ1n) is 9.72. The van der Waals surface area contributed by atoms with Crippen molar-refractivity contribution in [1.82, 2.24) is 15.6 Å². The minimum Gasteiger partial charge on any atom is -0.439 e. The van der Waals surface area contributed by atoms with Crippen LogP contribution in [-0.4, -0.2) is 23.5 Å². The molecule has 2 saturated carbocycles. The zero-order chi connectivity index (χ0) is 18.2. The van der Waals surface area contributed by atoms with Crippen molar-refractivity contribution in [3.05, 3.63) is 65.5 Å². The van der Waals surface area contributed by atoms with Gasteiger partial charge in [0.25, 0.3) is 5.91 Å². The normalized spacial score (nSPS) is 21.3. The quantitative estimate of drug-likeness (QED) is 0.675. The highest BCUT2D eigenvalue weighted by Gasteiger charge is 2.38. The second kappa shape index (κ2) is 6.82. The summed E-state index contributed by atoms with van der Waals surface area (Å²) in [6, 6.07) is 16.2. The molecule has 2 aliphatic rings. The van der Waals surface area contributed by atoms with Gasteiger partial charge in [-0.3, -0.25) is 4.79 Å². The standard InChI is InChI=1S/C22H23N3O2/c26-22(24-13-21-25-18-3-1-2-4-20(18)27-21)16-9-7-15(8-10-16)17-11-19(17)23-12-14-5-6-14/h1-4,7-10,14,17,19,23H,5-6,11-13H2,(H,24,26)/t17-,19+/m0/s1. The van der Waals surface area contributed by atoms with Crippen molar-refractivity contribution in [3.8, 4) is 0 Å². The molecule has 2 fully saturated rings. The summed E-state index contributed by atoms with van der Waals surface area (Å²) in [6.07, 6.45) is 3.98. The van der Waals surface area contributed by atoms with Gasteiger partial charge in [0.2, 0.25) is 5.89 Å². The minimum absolute atomic E-state index is 0.108. The van der Waals surface area contributed by atoms with Crippen LogP contribution in [0.4, 0.5) is 0 Å². The van der Waals surface area contributed by atoms with E-state index in [9.17, 15) is 4.79 Å². The van der Waals surface area contributed by atoms with Gasteiger partial charge in [0.1, 0.15) is 5.52 Å². The van der Waals surface area contributed by atoms with Crippen LogP contribution in [0.1, 0.15) is 47.0 Å². The number of hydrogen-bond donors (Lipinski definition) is 2. The third kappa shape index (κ3) is 3.74. The van der Waals surface area contributed by atoms with E-state index < -0.39 is 0 Å². The van der Waals surface area contributed by atoms with Crippen LogP contribution in [0.3, 0.4) is 0 Å². The number of amides is 1. The number of para-hydroxylation sites is 2. The second-order valence-electron chi connectivity index (χ2n) is 7.68. The Hall–Kier alpha value is -2.66. The zero-order valence-corrected chi connectivity index (χ0v) is 15.2. The highest BCUT2D eigenvalue weighted by Crippen LogP contribution is 2.41. The molecule has 1 aromatic heterocycles. The first-order valence-corrected chi connectivity index (χ1v) is 9.72. The Bertz CT molecular complexity index is 926. The molecule has 2 N–H and O–H groups in total. The lowest BCUT2D eigenvalue weighted by Gasteiger charge is -2.06. The highest BCUT2D eigenvalue weighted by atomic mass is 16.3. The molecule has 1 amide bonds. The van der Waals surface area contributed by atoms with Gasteiger partial charge in [-0.1, -0.05) is 24.3 Å². The maximum atomic E-state index is 12.4. The van der Waals surface area contributed by atoms with Crippen molar-refractivity contribution >= 4 is 17.0 Å². The van der Waals surface area contributed by atoms with Gasteiger partial charge in [-0.2, -0.15) is 0 Å². The van der Waals surface area contributed by atoms with Crippen LogP contribution >= 0.6 is 0 Å². The third-order valence-electron chi connectivity index (χ3n) is 5.50. The van der Waals surface area contributed by atoms with E-state index in [0.29, 0.717) is 23.4 Å². The molecule has 0 saturated heterocycles. The lowest BCUT2D eigenvalue weighted by atomic mass is 10.1. The fourth-order valence-corrected chi connectivity index (χ4v) is 3.56. The van der Waals surface area contributed by atoms with Crippen LogP contribution < -0.4 is 10.6 Å². The molecule has 27 heavy (non-hydrogen) atoms.